The summed E-state index contributed by atoms with van der Waals surface area (Å²) in [5.74, 6) is 0.406. The maximum atomic E-state index is 11.0. The molecule has 3 aromatic rings. The van der Waals surface area contributed by atoms with Crippen molar-refractivity contribution in [3.8, 4) is 0 Å². The second-order valence-electron chi connectivity index (χ2n) is 6.23. The fraction of sp³-hybridized carbons (Fsp3) is 0.150. The topological polar surface area (TPSA) is 78.3 Å². The van der Waals surface area contributed by atoms with E-state index in [1.807, 2.05) is 25.1 Å². The Morgan fingerprint density at radius 2 is 1.88 bits per heavy atom. The lowest BCUT2D eigenvalue weighted by Crippen LogP contribution is -2.17. The molecule has 4 rings (SSSR count). The summed E-state index contributed by atoms with van der Waals surface area (Å²) in [5, 5.41) is 12.2. The number of nitrogens with one attached hydrogen (secondary N) is 1. The standard InChI is InChI=1S/C20H18N4O2/c1-13-12-18(22-16-8-6-15(7-9-16)19(25)26)23-20(21-13)24-11-10-14-4-2-3-5-17(14)24/h2-9,12H,10-11H2,1H3,(H,25,26)(H,21,22,23). The molecule has 0 saturated heterocycles. The Bertz CT molecular complexity index is 970. The van der Waals surface area contributed by atoms with Crippen LogP contribution in [0.1, 0.15) is 21.6 Å². The molecule has 2 aromatic carbocycles. The first-order chi connectivity index (χ1) is 12.6. The van der Waals surface area contributed by atoms with E-state index in [0.717, 1.165) is 30.0 Å². The first-order valence-electron chi connectivity index (χ1n) is 8.42. The van der Waals surface area contributed by atoms with Crippen molar-refractivity contribution in [2.75, 3.05) is 16.8 Å². The fourth-order valence-corrected chi connectivity index (χ4v) is 3.13. The molecule has 0 amide bonds. The number of nitrogens with zero attached hydrogens (tertiary/aromatic N) is 3. The molecule has 1 aliphatic heterocycles. The van der Waals surface area contributed by atoms with Crippen molar-refractivity contribution in [3.05, 3.63) is 71.4 Å². The summed E-state index contributed by atoms with van der Waals surface area (Å²) < 4.78 is 0. The number of aromatic carboxylic acids is 1. The number of carbonyl (C=O) groups is 1. The number of para-hydroxylation sites is 1. The summed E-state index contributed by atoms with van der Waals surface area (Å²) in [6.45, 7) is 2.79. The summed E-state index contributed by atoms with van der Waals surface area (Å²) in [6, 6.07) is 16.8. The third-order valence-electron chi connectivity index (χ3n) is 4.38. The summed E-state index contributed by atoms with van der Waals surface area (Å²) >= 11 is 0. The lowest BCUT2D eigenvalue weighted by Gasteiger charge is -2.18. The number of hydrogen-bond donors (Lipinski definition) is 2. The maximum absolute atomic E-state index is 11.0. The number of carboxylic acids is 1. The molecule has 0 aliphatic carbocycles. The van der Waals surface area contributed by atoms with Gasteiger partial charge in [0.1, 0.15) is 5.82 Å². The molecule has 1 aliphatic rings. The Hall–Kier alpha value is -3.41. The summed E-state index contributed by atoms with van der Waals surface area (Å²) in [7, 11) is 0. The molecule has 0 unspecified atom stereocenters. The van der Waals surface area contributed by atoms with Gasteiger partial charge in [0.15, 0.2) is 0 Å². The fourth-order valence-electron chi connectivity index (χ4n) is 3.13. The molecule has 0 spiro atoms. The van der Waals surface area contributed by atoms with Crippen molar-refractivity contribution in [2.24, 2.45) is 0 Å². The van der Waals surface area contributed by atoms with E-state index in [-0.39, 0.29) is 5.56 Å². The summed E-state index contributed by atoms with van der Waals surface area (Å²) in [5.41, 5.74) is 4.35. The van der Waals surface area contributed by atoms with Crippen molar-refractivity contribution >= 4 is 29.1 Å². The van der Waals surface area contributed by atoms with Gasteiger partial charge in [0.05, 0.1) is 5.56 Å². The lowest BCUT2D eigenvalue weighted by atomic mass is 10.2. The number of anilines is 4. The van der Waals surface area contributed by atoms with Crippen LogP contribution in [0.2, 0.25) is 0 Å². The minimum absolute atomic E-state index is 0.254. The minimum Gasteiger partial charge on any atom is -0.478 e. The highest BCUT2D eigenvalue weighted by Gasteiger charge is 2.22. The molecule has 0 atom stereocenters. The van der Waals surface area contributed by atoms with Crippen LogP contribution in [0.3, 0.4) is 0 Å². The van der Waals surface area contributed by atoms with E-state index < -0.39 is 5.97 Å². The van der Waals surface area contributed by atoms with Crippen molar-refractivity contribution in [1.29, 1.82) is 0 Å². The largest absolute Gasteiger partial charge is 0.478 e. The molecule has 2 N–H and O–H groups in total. The van der Waals surface area contributed by atoms with E-state index in [2.05, 4.69) is 32.3 Å². The normalized spacial score (nSPS) is 12.7. The number of aryl methyl sites for hydroxylation is 1. The van der Waals surface area contributed by atoms with Gasteiger partial charge in [-0.3, -0.25) is 0 Å². The number of benzene rings is 2. The average molecular weight is 346 g/mol. The van der Waals surface area contributed by atoms with Gasteiger partial charge in [-0.05, 0) is 49.2 Å². The van der Waals surface area contributed by atoms with Gasteiger partial charge >= 0.3 is 5.97 Å². The quantitative estimate of drug-likeness (QED) is 0.745. The van der Waals surface area contributed by atoms with Crippen LogP contribution >= 0.6 is 0 Å². The monoisotopic (exact) mass is 346 g/mol. The minimum atomic E-state index is -0.940. The molecule has 0 radical (unpaired) electrons. The Kier molecular flexibility index (Phi) is 4.01. The van der Waals surface area contributed by atoms with Gasteiger partial charge < -0.3 is 15.3 Å². The van der Waals surface area contributed by atoms with E-state index in [9.17, 15) is 4.79 Å². The zero-order chi connectivity index (χ0) is 18.1. The Balaban J connectivity index is 1.62. The highest BCUT2D eigenvalue weighted by molar-refractivity contribution is 5.88. The first-order valence-corrected chi connectivity index (χ1v) is 8.42. The van der Waals surface area contributed by atoms with Crippen molar-refractivity contribution in [1.82, 2.24) is 9.97 Å². The molecule has 0 saturated carbocycles. The van der Waals surface area contributed by atoms with E-state index in [0.29, 0.717) is 11.8 Å². The molecule has 2 heterocycles. The molecule has 26 heavy (non-hydrogen) atoms. The Morgan fingerprint density at radius 3 is 2.65 bits per heavy atom. The first kappa shape index (κ1) is 16.1. The van der Waals surface area contributed by atoms with E-state index in [1.54, 1.807) is 24.3 Å². The number of aromatic nitrogens is 2. The highest BCUT2D eigenvalue weighted by Crippen LogP contribution is 2.33. The van der Waals surface area contributed by atoms with Gasteiger partial charge in [-0.1, -0.05) is 18.2 Å². The lowest BCUT2D eigenvalue weighted by molar-refractivity contribution is 0.0697. The van der Waals surface area contributed by atoms with Crippen molar-refractivity contribution in [3.63, 3.8) is 0 Å². The molecule has 130 valence electrons. The maximum Gasteiger partial charge on any atom is 0.335 e. The predicted molar refractivity (Wildman–Crippen MR) is 101 cm³/mol. The molecule has 1 aromatic heterocycles. The number of fused-ring (bicyclic) bond motifs is 1. The van der Waals surface area contributed by atoms with E-state index >= 15 is 0 Å². The van der Waals surface area contributed by atoms with Crippen molar-refractivity contribution < 1.29 is 9.90 Å². The van der Waals surface area contributed by atoms with E-state index in [4.69, 9.17) is 5.11 Å². The Morgan fingerprint density at radius 1 is 1.12 bits per heavy atom. The van der Waals surface area contributed by atoms with Gasteiger partial charge in [-0.2, -0.15) is 4.98 Å². The third kappa shape index (κ3) is 3.09. The van der Waals surface area contributed by atoms with Crippen LogP contribution in [-0.4, -0.2) is 27.6 Å². The van der Waals surface area contributed by atoms with Crippen LogP contribution in [0.5, 0.6) is 0 Å². The number of carboxylic acid groups (broad SMARTS) is 1. The van der Waals surface area contributed by atoms with Crippen LogP contribution < -0.4 is 10.2 Å². The van der Waals surface area contributed by atoms with Gasteiger partial charge in [0.2, 0.25) is 5.95 Å². The van der Waals surface area contributed by atoms with E-state index in [1.165, 1.54) is 5.56 Å². The predicted octanol–water partition coefficient (Wildman–Crippen LogP) is 3.92. The van der Waals surface area contributed by atoms with Crippen LogP contribution in [-0.2, 0) is 6.42 Å². The van der Waals surface area contributed by atoms with Crippen LogP contribution in [0.15, 0.2) is 54.6 Å². The zero-order valence-corrected chi connectivity index (χ0v) is 14.3. The van der Waals surface area contributed by atoms with Gasteiger partial charge in [0, 0.05) is 29.7 Å². The molecule has 0 bridgehead atoms. The second kappa shape index (κ2) is 6.48. The molecule has 6 nitrogen and oxygen atoms in total. The van der Waals surface area contributed by atoms with Crippen molar-refractivity contribution in [2.45, 2.75) is 13.3 Å². The SMILES string of the molecule is Cc1cc(Nc2ccc(C(=O)O)cc2)nc(N2CCc3ccccc32)n1. The smallest absolute Gasteiger partial charge is 0.335 e. The highest BCUT2D eigenvalue weighted by atomic mass is 16.4. The number of hydrogen-bond acceptors (Lipinski definition) is 5. The number of rotatable bonds is 4. The molecule has 6 heteroatoms. The zero-order valence-electron chi connectivity index (χ0n) is 14.3. The summed E-state index contributed by atoms with van der Waals surface area (Å²) in [6.07, 6.45) is 0.979. The molecule has 0 fully saturated rings. The van der Waals surface area contributed by atoms with Crippen LogP contribution in [0, 0.1) is 6.92 Å². The summed E-state index contributed by atoms with van der Waals surface area (Å²) in [4.78, 5) is 22.3. The Labute approximate surface area is 151 Å². The third-order valence-corrected chi connectivity index (χ3v) is 4.38. The molecular weight excluding hydrogens is 328 g/mol. The van der Waals surface area contributed by atoms with Crippen LogP contribution in [0.4, 0.5) is 23.1 Å². The average Bonchev–Trinajstić information content (AvgIpc) is 3.06. The van der Waals surface area contributed by atoms with Crippen LogP contribution in [0.25, 0.3) is 0 Å². The van der Waals surface area contributed by atoms with Gasteiger partial charge in [-0.25, -0.2) is 9.78 Å². The van der Waals surface area contributed by atoms with Gasteiger partial charge in [0.25, 0.3) is 0 Å². The molecular formula is C20H18N4O2. The second-order valence-corrected chi connectivity index (χ2v) is 6.23. The van der Waals surface area contributed by atoms with Gasteiger partial charge in [-0.15, -0.1) is 0 Å².